The number of amides is 5. The highest BCUT2D eigenvalue weighted by Gasteiger charge is 2.41. The van der Waals surface area contributed by atoms with E-state index in [1.54, 1.807) is 9.47 Å². The molecule has 4 aliphatic heterocycles. The molecule has 3 N–H and O–H groups in total. The van der Waals surface area contributed by atoms with Gasteiger partial charge < -0.3 is 34.8 Å². The number of urea groups is 2. The number of aromatic nitrogens is 2. The fourth-order valence-corrected chi connectivity index (χ4v) is 8.75. The Kier molecular flexibility index (Phi) is 8.93. The highest BCUT2D eigenvalue weighted by molar-refractivity contribution is 5.92. The molecule has 0 radical (unpaired) electrons. The Labute approximate surface area is 281 Å². The third-order valence-corrected chi connectivity index (χ3v) is 11.5. The van der Waals surface area contributed by atoms with Crippen molar-refractivity contribution in [3.05, 3.63) is 63.6 Å². The van der Waals surface area contributed by atoms with Crippen LogP contribution in [0.25, 0.3) is 11.0 Å². The van der Waals surface area contributed by atoms with Crippen molar-refractivity contribution < 1.29 is 18.9 Å². The largest absolute Gasteiger partial charge is 0.341 e. The molecule has 1 aromatic heterocycles. The Morgan fingerprint density at radius 3 is 2.40 bits per heavy atom. The van der Waals surface area contributed by atoms with Gasteiger partial charge >= 0.3 is 17.8 Å². The maximum absolute atomic E-state index is 13.2. The molecular weight excluding hydrogens is 608 g/mol. The molecule has 0 bridgehead atoms. The summed E-state index contributed by atoms with van der Waals surface area (Å²) in [7, 11) is 1.82. The monoisotopic (exact) mass is 657 g/mol. The lowest BCUT2D eigenvalue weighted by Gasteiger charge is -2.50. The predicted octanol–water partition coefficient (Wildman–Crippen LogP) is 3.89. The summed E-state index contributed by atoms with van der Waals surface area (Å²) < 4.78 is 2.75. The average molecular weight is 658 g/mol. The lowest BCUT2D eigenvalue weighted by Crippen LogP contribution is -2.61. The smallest absolute Gasteiger partial charge is 0.326 e. The first kappa shape index (κ1) is 32.2. The SMILES string of the molecule is Cc1cc(C[N+]2(C3CCN(C(=O)CNC(=O)N4CCC(N5Cc6ccccc6NC5=O)CC4)CC3)CCCCC2)cc2c1[nH]c(=O)n2C. The van der Waals surface area contributed by atoms with E-state index in [4.69, 9.17) is 0 Å². The van der Waals surface area contributed by atoms with E-state index in [1.165, 1.54) is 24.8 Å². The summed E-state index contributed by atoms with van der Waals surface area (Å²) in [5, 5.41) is 5.87. The number of aromatic amines is 1. The van der Waals surface area contributed by atoms with Crippen molar-refractivity contribution in [2.75, 3.05) is 51.1 Å². The molecule has 3 fully saturated rings. The van der Waals surface area contributed by atoms with Crippen molar-refractivity contribution in [1.82, 2.24) is 29.6 Å². The molecule has 0 unspecified atom stereocenters. The zero-order chi connectivity index (χ0) is 33.4. The van der Waals surface area contributed by atoms with E-state index < -0.39 is 0 Å². The molecule has 12 heteroatoms. The molecule has 3 saturated heterocycles. The number of imidazole rings is 1. The Balaban J connectivity index is 0.899. The number of para-hydroxylation sites is 1. The van der Waals surface area contributed by atoms with E-state index in [0.717, 1.165) is 64.8 Å². The second kappa shape index (κ2) is 13.3. The van der Waals surface area contributed by atoms with Crippen LogP contribution in [0.1, 0.15) is 61.6 Å². The van der Waals surface area contributed by atoms with Gasteiger partial charge in [-0.1, -0.05) is 18.2 Å². The summed E-state index contributed by atoms with van der Waals surface area (Å²) in [6, 6.07) is 12.5. The molecule has 5 amide bonds. The van der Waals surface area contributed by atoms with Gasteiger partial charge in [-0.3, -0.25) is 9.36 Å². The van der Waals surface area contributed by atoms with Crippen LogP contribution in [-0.4, -0.2) is 105 Å². The molecule has 0 aliphatic carbocycles. The standard InChI is InChI=1S/C36H48N8O4/c1-25-20-26(21-31-33(25)39-35(47)40(31)2)24-44(18-6-3-7-19-44)29-12-16-41(17-13-29)32(45)22-37-34(46)42-14-10-28(11-15-42)43-23-27-8-4-5-9-30(27)38-36(43)48/h4-5,8-9,20-21,28-29H,3,6-7,10-19,22-24H2,1-2H3,(H2-,37,38,39,46,47,48)/p+1. The van der Waals surface area contributed by atoms with Gasteiger partial charge in [0.05, 0.1) is 36.7 Å². The van der Waals surface area contributed by atoms with E-state index in [2.05, 4.69) is 34.7 Å². The number of hydrogen-bond donors (Lipinski definition) is 3. The van der Waals surface area contributed by atoms with Crippen molar-refractivity contribution >= 4 is 34.7 Å². The van der Waals surface area contributed by atoms with Crippen molar-refractivity contribution in [2.24, 2.45) is 7.05 Å². The first-order valence-corrected chi connectivity index (χ1v) is 17.7. The summed E-state index contributed by atoms with van der Waals surface area (Å²) in [5.41, 5.74) is 6.13. The van der Waals surface area contributed by atoms with Crippen LogP contribution in [0.2, 0.25) is 0 Å². The Morgan fingerprint density at radius 2 is 1.65 bits per heavy atom. The number of H-pyrrole nitrogens is 1. The number of piperidine rings is 3. The number of benzene rings is 2. The maximum Gasteiger partial charge on any atom is 0.326 e. The highest BCUT2D eigenvalue weighted by atomic mass is 16.2. The lowest BCUT2D eigenvalue weighted by molar-refractivity contribution is -0.968. The van der Waals surface area contributed by atoms with Crippen LogP contribution in [-0.2, 0) is 24.9 Å². The van der Waals surface area contributed by atoms with E-state index in [9.17, 15) is 19.2 Å². The molecule has 0 atom stereocenters. The summed E-state index contributed by atoms with van der Waals surface area (Å²) in [4.78, 5) is 59.9. The van der Waals surface area contributed by atoms with Gasteiger partial charge in [0, 0.05) is 69.9 Å². The number of anilines is 1. The first-order chi connectivity index (χ1) is 23.2. The van der Waals surface area contributed by atoms with E-state index >= 15 is 0 Å². The van der Waals surface area contributed by atoms with Gasteiger partial charge in [-0.15, -0.1) is 0 Å². The Bertz CT molecular complexity index is 1740. The molecule has 4 aliphatic rings. The number of carbonyl (C=O) groups excluding carboxylic acids is 3. The van der Waals surface area contributed by atoms with Crippen LogP contribution in [0, 0.1) is 6.92 Å². The molecule has 2 aromatic carbocycles. The Morgan fingerprint density at radius 1 is 0.938 bits per heavy atom. The Hall–Kier alpha value is -4.32. The number of nitrogens with one attached hydrogen (secondary N) is 3. The quantitative estimate of drug-likeness (QED) is 0.348. The summed E-state index contributed by atoms with van der Waals surface area (Å²) in [6.07, 6.45) is 7.01. The molecule has 5 heterocycles. The van der Waals surface area contributed by atoms with Gasteiger partial charge in [-0.2, -0.15) is 0 Å². The van der Waals surface area contributed by atoms with Crippen molar-refractivity contribution in [3.8, 4) is 0 Å². The molecule has 0 spiro atoms. The van der Waals surface area contributed by atoms with Crippen molar-refractivity contribution in [2.45, 2.75) is 77.0 Å². The lowest BCUT2D eigenvalue weighted by atomic mass is 9.94. The van der Waals surface area contributed by atoms with Gasteiger partial charge in [0.15, 0.2) is 0 Å². The summed E-state index contributed by atoms with van der Waals surface area (Å²) in [5.74, 6) is -0.0278. The van der Waals surface area contributed by atoms with Crippen molar-refractivity contribution in [1.29, 1.82) is 0 Å². The number of nitrogens with zero attached hydrogens (tertiary/aromatic N) is 5. The minimum absolute atomic E-state index is 0.00339. The minimum Gasteiger partial charge on any atom is -0.341 e. The molecule has 7 rings (SSSR count). The van der Waals surface area contributed by atoms with Crippen LogP contribution in [0.15, 0.2) is 41.2 Å². The number of rotatable bonds is 6. The first-order valence-electron chi connectivity index (χ1n) is 17.7. The second-order valence-electron chi connectivity index (χ2n) is 14.4. The van der Waals surface area contributed by atoms with Crippen molar-refractivity contribution in [3.63, 3.8) is 0 Å². The van der Waals surface area contributed by atoms with Crippen LogP contribution in [0.3, 0.4) is 0 Å². The fourth-order valence-electron chi connectivity index (χ4n) is 8.75. The molecular formula is C36H49N8O4+. The summed E-state index contributed by atoms with van der Waals surface area (Å²) >= 11 is 0. The molecule has 0 saturated carbocycles. The van der Waals surface area contributed by atoms with Gasteiger partial charge in [-0.05, 0) is 68.4 Å². The molecule has 12 nitrogen and oxygen atoms in total. The number of quaternary nitrogens is 1. The van der Waals surface area contributed by atoms with Gasteiger partial charge in [-0.25, -0.2) is 14.4 Å². The van der Waals surface area contributed by atoms with E-state index in [1.807, 2.05) is 41.1 Å². The van der Waals surface area contributed by atoms with Crippen LogP contribution >= 0.6 is 0 Å². The molecule has 256 valence electrons. The van der Waals surface area contributed by atoms with E-state index in [-0.39, 0.29) is 36.2 Å². The number of aryl methyl sites for hydroxylation is 2. The fraction of sp³-hybridized carbons (Fsp3) is 0.556. The predicted molar refractivity (Wildman–Crippen MR) is 184 cm³/mol. The third-order valence-electron chi connectivity index (χ3n) is 11.5. The second-order valence-corrected chi connectivity index (χ2v) is 14.4. The van der Waals surface area contributed by atoms with Gasteiger partial charge in [0.25, 0.3) is 0 Å². The average Bonchev–Trinajstić information content (AvgIpc) is 3.40. The zero-order valence-corrected chi connectivity index (χ0v) is 28.3. The topological polar surface area (TPSA) is 123 Å². The maximum atomic E-state index is 13.2. The normalized spacial score (nSPS) is 20.5. The third kappa shape index (κ3) is 6.29. The summed E-state index contributed by atoms with van der Waals surface area (Å²) in [6.45, 7) is 8.39. The number of fused-ring (bicyclic) bond motifs is 2. The molecule has 3 aromatic rings. The van der Waals surface area contributed by atoms with E-state index in [0.29, 0.717) is 51.6 Å². The van der Waals surface area contributed by atoms with Crippen LogP contribution in [0.4, 0.5) is 15.3 Å². The van der Waals surface area contributed by atoms with Crippen LogP contribution in [0.5, 0.6) is 0 Å². The number of likely N-dealkylation sites (tertiary alicyclic amines) is 3. The minimum atomic E-state index is -0.213. The van der Waals surface area contributed by atoms with Crippen LogP contribution < -0.4 is 16.3 Å². The van der Waals surface area contributed by atoms with Gasteiger partial charge in [0.2, 0.25) is 5.91 Å². The number of carbonyl (C=O) groups is 3. The van der Waals surface area contributed by atoms with Gasteiger partial charge in [0.1, 0.15) is 6.54 Å². The number of hydrogen-bond acceptors (Lipinski definition) is 4. The molecule has 48 heavy (non-hydrogen) atoms. The highest BCUT2D eigenvalue weighted by Crippen LogP contribution is 2.33. The zero-order valence-electron chi connectivity index (χ0n) is 28.3.